The second kappa shape index (κ2) is 18.9. The molecule has 176 valence electrons. The van der Waals surface area contributed by atoms with Crippen molar-refractivity contribution in [1.82, 2.24) is 0 Å². The van der Waals surface area contributed by atoms with Crippen LogP contribution in [0.2, 0.25) is 0 Å². The second-order valence-corrected chi connectivity index (χ2v) is 15.5. The largest absolute Gasteiger partial charge is 0.474 e. The van der Waals surface area contributed by atoms with E-state index in [1.165, 1.54) is 0 Å². The van der Waals surface area contributed by atoms with Gasteiger partial charge in [-0.1, -0.05) is 203 Å². The van der Waals surface area contributed by atoms with E-state index in [1.807, 2.05) is 0 Å². The highest BCUT2D eigenvalue weighted by molar-refractivity contribution is 14.1. The van der Waals surface area contributed by atoms with Crippen LogP contribution in [0.1, 0.15) is 0 Å². The topological polar surface area (TPSA) is 44.8 Å². The molecule has 0 fully saturated rings. The second-order valence-electron chi connectivity index (χ2n) is 6.97. The Balaban J connectivity index is 5.53. The van der Waals surface area contributed by atoms with E-state index in [2.05, 4.69) is 203 Å². The van der Waals surface area contributed by atoms with Crippen molar-refractivity contribution in [1.29, 1.82) is 0 Å². The van der Waals surface area contributed by atoms with Gasteiger partial charge in [-0.15, -0.1) is 0 Å². The summed E-state index contributed by atoms with van der Waals surface area (Å²) in [4.78, 5) is 0. The average Bonchev–Trinajstić information content (AvgIpc) is 2.78. The lowest BCUT2D eigenvalue weighted by molar-refractivity contribution is 0.0600. The van der Waals surface area contributed by atoms with Crippen LogP contribution in [0.15, 0.2) is 0 Å². The fourth-order valence-electron chi connectivity index (χ4n) is 1.43. The minimum absolute atomic E-state index is 0.0240. The average molecular weight is 1440 g/mol. The van der Waals surface area contributed by atoms with E-state index in [9.17, 15) is 4.57 Å². The third-order valence-corrected chi connectivity index (χ3v) is 20.0. The molecule has 0 aliphatic rings. The highest BCUT2D eigenvalue weighted by atomic mass is 127. The molecule has 0 unspecified atom stereocenters. The Morgan fingerprint density at radius 2 is 0.621 bits per heavy atom. The van der Waals surface area contributed by atoms with Gasteiger partial charge in [-0.25, -0.2) is 4.57 Å². The number of alkyl halides is 9. The van der Waals surface area contributed by atoms with Crippen LogP contribution >= 0.6 is 211 Å². The molecule has 4 nitrogen and oxygen atoms in total. The van der Waals surface area contributed by atoms with Crippen molar-refractivity contribution in [2.75, 3.05) is 59.7 Å². The summed E-state index contributed by atoms with van der Waals surface area (Å²) in [5.41, 5.74) is -0.0720. The molecule has 0 aliphatic carbocycles. The lowest BCUT2D eigenvalue weighted by Crippen LogP contribution is -2.35. The summed E-state index contributed by atoms with van der Waals surface area (Å²) in [6, 6.07) is 0. The third-order valence-electron chi connectivity index (χ3n) is 4.14. The van der Waals surface area contributed by atoms with E-state index in [-0.39, 0.29) is 16.2 Å². The summed E-state index contributed by atoms with van der Waals surface area (Å²) in [6.45, 7) is 1.16. The molecular formula is C15H24I9O4P. The zero-order chi connectivity index (χ0) is 22.6. The van der Waals surface area contributed by atoms with Gasteiger partial charge < -0.3 is 0 Å². The van der Waals surface area contributed by atoms with Crippen molar-refractivity contribution in [2.24, 2.45) is 16.2 Å². The van der Waals surface area contributed by atoms with Gasteiger partial charge in [0.25, 0.3) is 0 Å². The first-order valence-electron chi connectivity index (χ1n) is 8.24. The molecule has 0 aliphatic heterocycles. The lowest BCUT2D eigenvalue weighted by Gasteiger charge is -2.34. The molecule has 0 spiro atoms. The van der Waals surface area contributed by atoms with Gasteiger partial charge in [0.2, 0.25) is 0 Å². The molecular weight excluding hydrogens is 1420 g/mol. The highest BCUT2D eigenvalue weighted by Crippen LogP contribution is 2.53. The quantitative estimate of drug-likeness (QED) is 0.0782. The first-order valence-corrected chi connectivity index (χ1v) is 23.4. The van der Waals surface area contributed by atoms with Gasteiger partial charge in [0.1, 0.15) is 0 Å². The first-order chi connectivity index (χ1) is 13.7. The number of phosphoric acid groups is 1. The molecule has 0 heterocycles. The Morgan fingerprint density at radius 3 is 0.759 bits per heavy atom. The molecule has 0 saturated heterocycles. The maximum Gasteiger partial charge on any atom is 0.474 e. The molecule has 0 aromatic rings. The monoisotopic (exact) mass is 1440 g/mol. The Labute approximate surface area is 298 Å². The van der Waals surface area contributed by atoms with Crippen molar-refractivity contribution in [2.45, 2.75) is 0 Å². The van der Waals surface area contributed by atoms with Gasteiger partial charge in [0, 0.05) is 56.1 Å². The summed E-state index contributed by atoms with van der Waals surface area (Å²) in [6.07, 6.45) is 0. The Morgan fingerprint density at radius 1 is 0.448 bits per heavy atom. The maximum absolute atomic E-state index is 13.7. The van der Waals surface area contributed by atoms with Gasteiger partial charge in [-0.3, -0.25) is 13.6 Å². The van der Waals surface area contributed by atoms with Crippen molar-refractivity contribution < 1.29 is 18.1 Å². The minimum atomic E-state index is -3.66. The van der Waals surface area contributed by atoms with Gasteiger partial charge in [-0.05, 0) is 0 Å². The van der Waals surface area contributed by atoms with E-state index in [0.717, 1.165) is 39.8 Å². The number of hydrogen-bond donors (Lipinski definition) is 0. The Hall–Kier alpha value is 6.68. The van der Waals surface area contributed by atoms with Crippen LogP contribution in [0, 0.1) is 16.2 Å². The van der Waals surface area contributed by atoms with Gasteiger partial charge in [0.15, 0.2) is 0 Å². The molecule has 0 atom stereocenters. The molecule has 14 heteroatoms. The molecule has 0 aromatic carbocycles. The van der Waals surface area contributed by atoms with E-state index >= 15 is 0 Å². The molecule has 0 bridgehead atoms. The van der Waals surface area contributed by atoms with Crippen LogP contribution in [-0.2, 0) is 18.1 Å². The van der Waals surface area contributed by atoms with Gasteiger partial charge in [-0.2, -0.15) is 0 Å². The SMILES string of the molecule is O=P(OCC(CI)(CI)CI)(OCC(CI)(CI)CI)OCC(CI)(CI)CI. The van der Waals surface area contributed by atoms with Crippen molar-refractivity contribution >= 4 is 211 Å². The Bertz CT molecular complexity index is 397. The van der Waals surface area contributed by atoms with E-state index in [0.29, 0.717) is 19.8 Å². The van der Waals surface area contributed by atoms with E-state index < -0.39 is 7.82 Å². The minimum Gasteiger partial charge on any atom is -0.286 e. The third kappa shape index (κ3) is 12.4. The summed E-state index contributed by atoms with van der Waals surface area (Å²) in [7, 11) is -3.66. The predicted octanol–water partition coefficient (Wildman–Crippen LogP) is 9.02. The zero-order valence-electron chi connectivity index (χ0n) is 15.5. The van der Waals surface area contributed by atoms with Crippen LogP contribution in [0.5, 0.6) is 0 Å². The summed E-state index contributed by atoms with van der Waals surface area (Å²) in [5, 5.41) is 0. The summed E-state index contributed by atoms with van der Waals surface area (Å²) in [5.74, 6) is 0. The summed E-state index contributed by atoms with van der Waals surface area (Å²) >= 11 is 21.5. The van der Waals surface area contributed by atoms with Crippen LogP contribution < -0.4 is 0 Å². The molecule has 0 aromatic heterocycles. The van der Waals surface area contributed by atoms with Crippen LogP contribution in [-0.4, -0.2) is 59.7 Å². The first kappa shape index (κ1) is 35.7. The van der Waals surface area contributed by atoms with Crippen molar-refractivity contribution in [3.05, 3.63) is 0 Å². The molecule has 0 radical (unpaired) electrons. The fourth-order valence-corrected chi connectivity index (χ4v) is 19.1. The molecule has 29 heavy (non-hydrogen) atoms. The van der Waals surface area contributed by atoms with Gasteiger partial charge >= 0.3 is 7.82 Å². The predicted molar refractivity (Wildman–Crippen MR) is 203 cm³/mol. The molecule has 0 N–H and O–H groups in total. The number of rotatable bonds is 18. The van der Waals surface area contributed by atoms with Crippen LogP contribution in [0.4, 0.5) is 0 Å². The fraction of sp³-hybridized carbons (Fsp3) is 1.00. The molecule has 0 rings (SSSR count). The van der Waals surface area contributed by atoms with Crippen LogP contribution in [0.25, 0.3) is 0 Å². The normalized spacial score (nSPS) is 13.8. The zero-order valence-corrected chi connectivity index (χ0v) is 35.8. The van der Waals surface area contributed by atoms with E-state index in [1.54, 1.807) is 0 Å². The number of phosphoric ester groups is 1. The standard InChI is InChI=1S/C15H24I9O4P/c16-1-13(2-17,3-18)10-26-29(25,27-11-14(4-19,5-20)6-21)28-12-15(7-22,8-23)9-24/h1-12H2. The van der Waals surface area contributed by atoms with Crippen molar-refractivity contribution in [3.63, 3.8) is 0 Å². The molecule has 0 amide bonds. The Kier molecular flexibility index (Phi) is 23.2. The molecule has 0 saturated carbocycles. The summed E-state index contributed by atoms with van der Waals surface area (Å²) < 4.78 is 40.2. The maximum atomic E-state index is 13.7. The number of halogens is 9. The smallest absolute Gasteiger partial charge is 0.286 e. The lowest BCUT2D eigenvalue weighted by atomic mass is 9.99. The highest BCUT2D eigenvalue weighted by Gasteiger charge is 2.39. The number of hydrogen-bond acceptors (Lipinski definition) is 4. The van der Waals surface area contributed by atoms with Gasteiger partial charge in [0.05, 0.1) is 19.8 Å². The van der Waals surface area contributed by atoms with Crippen molar-refractivity contribution in [3.8, 4) is 0 Å². The van der Waals surface area contributed by atoms with E-state index in [4.69, 9.17) is 13.6 Å². The van der Waals surface area contributed by atoms with Crippen LogP contribution in [0.3, 0.4) is 0 Å².